The van der Waals surface area contributed by atoms with Crippen LogP contribution >= 0.6 is 0 Å². The van der Waals surface area contributed by atoms with Crippen molar-refractivity contribution in [3.05, 3.63) is 17.8 Å². The zero-order chi connectivity index (χ0) is 15.0. The van der Waals surface area contributed by atoms with E-state index in [0.717, 1.165) is 6.54 Å². The van der Waals surface area contributed by atoms with Crippen molar-refractivity contribution < 1.29 is 4.79 Å². The molecule has 0 saturated carbocycles. The van der Waals surface area contributed by atoms with Gasteiger partial charge in [-0.05, 0) is 25.0 Å². The van der Waals surface area contributed by atoms with Crippen molar-refractivity contribution in [2.75, 3.05) is 24.5 Å². The fourth-order valence-electron chi connectivity index (χ4n) is 1.79. The van der Waals surface area contributed by atoms with Crippen molar-refractivity contribution in [2.24, 2.45) is 5.92 Å². The summed E-state index contributed by atoms with van der Waals surface area (Å²) < 4.78 is 0. The van der Waals surface area contributed by atoms with Crippen LogP contribution in [-0.4, -0.2) is 35.7 Å². The molecule has 20 heavy (non-hydrogen) atoms. The Morgan fingerprint density at radius 2 is 2.20 bits per heavy atom. The number of nitriles is 1. The van der Waals surface area contributed by atoms with Gasteiger partial charge in [-0.25, -0.2) is 0 Å². The Bertz CT molecular complexity index is 463. The van der Waals surface area contributed by atoms with Gasteiger partial charge in [0.15, 0.2) is 11.5 Å². The maximum absolute atomic E-state index is 11.6. The Balaban J connectivity index is 2.81. The molecule has 6 heteroatoms. The van der Waals surface area contributed by atoms with Crippen molar-refractivity contribution in [3.63, 3.8) is 0 Å². The Morgan fingerprint density at radius 3 is 2.70 bits per heavy atom. The highest BCUT2D eigenvalue weighted by molar-refractivity contribution is 5.92. The normalized spacial score (nSPS) is 10.2. The van der Waals surface area contributed by atoms with E-state index >= 15 is 0 Å². The molecule has 0 spiro atoms. The van der Waals surface area contributed by atoms with E-state index in [0.29, 0.717) is 36.9 Å². The van der Waals surface area contributed by atoms with Crippen molar-refractivity contribution in [1.82, 2.24) is 15.5 Å². The quantitative estimate of drug-likeness (QED) is 0.817. The Morgan fingerprint density at radius 1 is 1.45 bits per heavy atom. The predicted molar refractivity (Wildman–Crippen MR) is 77.3 cm³/mol. The SMILES string of the molecule is CCNC(=O)c1ccc(N(CCC#N)CC(C)C)nn1. The second-order valence-corrected chi connectivity index (χ2v) is 4.88. The van der Waals surface area contributed by atoms with Crippen molar-refractivity contribution >= 4 is 11.7 Å². The number of nitrogens with zero attached hydrogens (tertiary/aromatic N) is 4. The first-order valence-electron chi connectivity index (χ1n) is 6.82. The minimum Gasteiger partial charge on any atom is -0.354 e. The summed E-state index contributed by atoms with van der Waals surface area (Å²) in [5, 5.41) is 19.4. The lowest BCUT2D eigenvalue weighted by Gasteiger charge is -2.24. The molecule has 6 nitrogen and oxygen atoms in total. The lowest BCUT2D eigenvalue weighted by atomic mass is 10.2. The van der Waals surface area contributed by atoms with Crippen LogP contribution in [0.4, 0.5) is 5.82 Å². The highest BCUT2D eigenvalue weighted by atomic mass is 16.1. The number of carbonyl (C=O) groups excluding carboxylic acids is 1. The highest BCUT2D eigenvalue weighted by Crippen LogP contribution is 2.12. The third kappa shape index (κ3) is 4.84. The van der Waals surface area contributed by atoms with Gasteiger partial charge < -0.3 is 10.2 Å². The average molecular weight is 275 g/mol. The van der Waals surface area contributed by atoms with Gasteiger partial charge in [0.05, 0.1) is 12.5 Å². The van der Waals surface area contributed by atoms with E-state index in [4.69, 9.17) is 5.26 Å². The fourth-order valence-corrected chi connectivity index (χ4v) is 1.79. The number of rotatable bonds is 7. The van der Waals surface area contributed by atoms with Gasteiger partial charge in [0.1, 0.15) is 0 Å². The minimum atomic E-state index is -0.223. The average Bonchev–Trinajstić information content (AvgIpc) is 2.43. The second kappa shape index (κ2) is 8.10. The number of hydrogen-bond acceptors (Lipinski definition) is 5. The molecule has 1 heterocycles. The van der Waals surface area contributed by atoms with Crippen LogP contribution in [0.2, 0.25) is 0 Å². The van der Waals surface area contributed by atoms with Crippen molar-refractivity contribution in [1.29, 1.82) is 5.26 Å². The molecular weight excluding hydrogens is 254 g/mol. The Kier molecular flexibility index (Phi) is 6.44. The van der Waals surface area contributed by atoms with Gasteiger partial charge >= 0.3 is 0 Å². The third-order valence-electron chi connectivity index (χ3n) is 2.62. The zero-order valence-corrected chi connectivity index (χ0v) is 12.3. The molecule has 0 atom stereocenters. The van der Waals surface area contributed by atoms with Gasteiger partial charge in [-0.1, -0.05) is 13.8 Å². The third-order valence-corrected chi connectivity index (χ3v) is 2.62. The predicted octanol–water partition coefficient (Wildman–Crippen LogP) is 1.60. The molecule has 0 bridgehead atoms. The number of hydrogen-bond donors (Lipinski definition) is 1. The molecule has 0 unspecified atom stereocenters. The van der Waals surface area contributed by atoms with Crippen LogP contribution in [0.1, 0.15) is 37.7 Å². The smallest absolute Gasteiger partial charge is 0.271 e. The van der Waals surface area contributed by atoms with Gasteiger partial charge in [0.25, 0.3) is 5.91 Å². The van der Waals surface area contributed by atoms with Crippen LogP contribution in [-0.2, 0) is 0 Å². The minimum absolute atomic E-state index is 0.223. The van der Waals surface area contributed by atoms with Crippen LogP contribution in [0.15, 0.2) is 12.1 Å². The molecule has 108 valence electrons. The first-order chi connectivity index (χ1) is 9.58. The van der Waals surface area contributed by atoms with Gasteiger partial charge in [0, 0.05) is 19.6 Å². The van der Waals surface area contributed by atoms with E-state index < -0.39 is 0 Å². The summed E-state index contributed by atoms with van der Waals surface area (Å²) in [7, 11) is 0. The number of nitrogens with one attached hydrogen (secondary N) is 1. The zero-order valence-electron chi connectivity index (χ0n) is 12.3. The molecule has 0 aliphatic rings. The number of aromatic nitrogens is 2. The van der Waals surface area contributed by atoms with Crippen molar-refractivity contribution in [3.8, 4) is 6.07 Å². The molecular formula is C14H21N5O. The van der Waals surface area contributed by atoms with E-state index in [1.165, 1.54) is 0 Å². The lowest BCUT2D eigenvalue weighted by Crippen LogP contribution is -2.30. The first-order valence-corrected chi connectivity index (χ1v) is 6.82. The van der Waals surface area contributed by atoms with Gasteiger partial charge in [-0.2, -0.15) is 5.26 Å². The molecule has 0 aliphatic heterocycles. The van der Waals surface area contributed by atoms with E-state index in [1.807, 2.05) is 11.8 Å². The highest BCUT2D eigenvalue weighted by Gasteiger charge is 2.12. The Labute approximate surface area is 119 Å². The maximum atomic E-state index is 11.6. The summed E-state index contributed by atoms with van der Waals surface area (Å²) in [5.41, 5.74) is 0.306. The first kappa shape index (κ1) is 15.9. The van der Waals surface area contributed by atoms with E-state index in [-0.39, 0.29) is 5.91 Å². The molecule has 1 amide bonds. The fraction of sp³-hybridized carbons (Fsp3) is 0.571. The van der Waals surface area contributed by atoms with Gasteiger partial charge in [-0.15, -0.1) is 10.2 Å². The van der Waals surface area contributed by atoms with E-state index in [9.17, 15) is 4.79 Å². The molecule has 1 aromatic heterocycles. The summed E-state index contributed by atoms with van der Waals surface area (Å²) in [4.78, 5) is 13.6. The number of carbonyl (C=O) groups is 1. The van der Waals surface area contributed by atoms with Crippen LogP contribution in [0.25, 0.3) is 0 Å². The van der Waals surface area contributed by atoms with Crippen LogP contribution in [0.3, 0.4) is 0 Å². The van der Waals surface area contributed by atoms with Crippen LogP contribution in [0, 0.1) is 17.2 Å². The topological polar surface area (TPSA) is 81.9 Å². The standard InChI is InChI=1S/C14H21N5O/c1-4-16-14(20)12-6-7-13(18-17-12)19(9-5-8-15)10-11(2)3/h6-7,11H,4-5,9-10H2,1-3H3,(H,16,20). The van der Waals surface area contributed by atoms with Crippen molar-refractivity contribution in [2.45, 2.75) is 27.2 Å². The molecule has 1 rings (SSSR count). The van der Waals surface area contributed by atoms with Gasteiger partial charge in [-0.3, -0.25) is 4.79 Å². The Hall–Kier alpha value is -2.16. The molecule has 0 aliphatic carbocycles. The van der Waals surface area contributed by atoms with Gasteiger partial charge in [0.2, 0.25) is 0 Å². The maximum Gasteiger partial charge on any atom is 0.271 e. The molecule has 1 aromatic rings. The largest absolute Gasteiger partial charge is 0.354 e. The molecule has 1 N–H and O–H groups in total. The monoisotopic (exact) mass is 275 g/mol. The summed E-state index contributed by atoms with van der Waals surface area (Å²) >= 11 is 0. The van der Waals surface area contributed by atoms with Crippen LogP contribution in [0.5, 0.6) is 0 Å². The van der Waals surface area contributed by atoms with E-state index in [1.54, 1.807) is 12.1 Å². The second-order valence-electron chi connectivity index (χ2n) is 4.88. The van der Waals surface area contributed by atoms with E-state index in [2.05, 4.69) is 35.4 Å². The van der Waals surface area contributed by atoms with Crippen LogP contribution < -0.4 is 10.2 Å². The summed E-state index contributed by atoms with van der Waals surface area (Å²) in [6.45, 7) is 8.04. The molecule has 0 radical (unpaired) electrons. The molecule has 0 aromatic carbocycles. The molecule has 0 saturated heterocycles. The summed E-state index contributed by atoms with van der Waals surface area (Å²) in [6.07, 6.45) is 0.437. The summed E-state index contributed by atoms with van der Waals surface area (Å²) in [6, 6.07) is 5.57. The number of amides is 1. The molecule has 0 fully saturated rings. The lowest BCUT2D eigenvalue weighted by molar-refractivity contribution is 0.0950. The number of anilines is 1. The summed E-state index contributed by atoms with van der Waals surface area (Å²) in [5.74, 6) is 0.930.